The number of aliphatic hydroxyl groups is 2. The Bertz CT molecular complexity index is 1640. The summed E-state index contributed by atoms with van der Waals surface area (Å²) in [5.74, 6) is -0.0113. The average molecular weight is 694 g/mol. The monoisotopic (exact) mass is 693 g/mol. The molecule has 2 saturated heterocycles. The van der Waals surface area contributed by atoms with Crippen molar-refractivity contribution < 1.29 is 43.1 Å². The number of benzene rings is 2. The summed E-state index contributed by atoms with van der Waals surface area (Å²) < 4.78 is 37.3. The predicted molar refractivity (Wildman–Crippen MR) is 182 cm³/mol. The van der Waals surface area contributed by atoms with Gasteiger partial charge in [-0.25, -0.2) is 9.18 Å². The van der Waals surface area contributed by atoms with Crippen molar-refractivity contribution >= 4 is 17.6 Å². The van der Waals surface area contributed by atoms with Gasteiger partial charge >= 0.3 is 5.97 Å². The van der Waals surface area contributed by atoms with Gasteiger partial charge in [0.25, 0.3) is 0 Å². The van der Waals surface area contributed by atoms with Crippen molar-refractivity contribution in [3.8, 4) is 11.5 Å². The molecule has 4 atom stereocenters. The number of methoxy groups -OCH3 is 1. The van der Waals surface area contributed by atoms with E-state index < -0.39 is 35.2 Å². The second-order valence-electron chi connectivity index (χ2n) is 15.0. The number of esters is 1. The van der Waals surface area contributed by atoms with E-state index >= 15 is 0 Å². The molecule has 0 saturated carbocycles. The van der Waals surface area contributed by atoms with Gasteiger partial charge in [0.1, 0.15) is 11.6 Å². The summed E-state index contributed by atoms with van der Waals surface area (Å²) in [5.41, 5.74) is -0.642. The highest BCUT2D eigenvalue weighted by Crippen LogP contribution is 2.55. The lowest BCUT2D eigenvalue weighted by atomic mass is 9.77. The Morgan fingerprint density at radius 2 is 1.72 bits per heavy atom. The molecule has 0 radical (unpaired) electrons. The number of carbonyl (C=O) groups is 2. The molecule has 2 aromatic carbocycles. The smallest absolute Gasteiger partial charge is 0.339 e. The fraction of sp³-hybridized carbons (Fsp3) is 0.579. The fourth-order valence-electron chi connectivity index (χ4n) is 8.62. The van der Waals surface area contributed by atoms with Gasteiger partial charge < -0.3 is 39.0 Å². The van der Waals surface area contributed by atoms with Crippen LogP contribution in [0.15, 0.2) is 48.2 Å². The first kappa shape index (κ1) is 34.6. The van der Waals surface area contributed by atoms with E-state index in [1.54, 1.807) is 38.0 Å². The van der Waals surface area contributed by atoms with E-state index in [9.17, 15) is 24.2 Å². The lowest BCUT2D eigenvalue weighted by Crippen LogP contribution is -2.53. The van der Waals surface area contributed by atoms with Crippen LogP contribution in [0, 0.1) is 5.82 Å². The van der Waals surface area contributed by atoms with Crippen molar-refractivity contribution in [1.29, 1.82) is 0 Å². The SMILES string of the molecule is COC1=CC23CCCN2CCc2cc4c(cc2[C@@H]3[C@@H]1OC(=O)[C@@](O)(CCCC(C)(C)O)CC(=O)N1CCN(c2ccc(F)cc2)CC1)OCO4. The van der Waals surface area contributed by atoms with Crippen molar-refractivity contribution in [2.75, 3.05) is 58.1 Å². The zero-order valence-corrected chi connectivity index (χ0v) is 29.2. The van der Waals surface area contributed by atoms with Gasteiger partial charge in [-0.3, -0.25) is 9.69 Å². The van der Waals surface area contributed by atoms with Crippen LogP contribution in [0.5, 0.6) is 11.5 Å². The zero-order chi connectivity index (χ0) is 35.3. The molecule has 0 bridgehead atoms. The second kappa shape index (κ2) is 13.4. The number of anilines is 1. The molecule has 11 nitrogen and oxygen atoms in total. The number of rotatable bonds is 10. The first-order valence-electron chi connectivity index (χ1n) is 17.8. The number of hydrogen-bond donors (Lipinski definition) is 2. The minimum Gasteiger partial charge on any atom is -0.497 e. The van der Waals surface area contributed by atoms with Crippen molar-refractivity contribution in [2.45, 2.75) is 87.6 Å². The second-order valence-corrected chi connectivity index (χ2v) is 15.0. The maximum atomic E-state index is 14.4. The van der Waals surface area contributed by atoms with Crippen LogP contribution in [0.4, 0.5) is 10.1 Å². The number of piperazine rings is 1. The molecule has 4 heterocycles. The van der Waals surface area contributed by atoms with Gasteiger partial charge in [-0.05, 0) is 113 Å². The Hall–Kier alpha value is -3.87. The number of halogens is 1. The first-order chi connectivity index (χ1) is 23.9. The van der Waals surface area contributed by atoms with E-state index in [4.69, 9.17) is 18.9 Å². The molecule has 12 heteroatoms. The van der Waals surface area contributed by atoms with Crippen molar-refractivity contribution in [2.24, 2.45) is 0 Å². The van der Waals surface area contributed by atoms with Crippen molar-refractivity contribution in [1.82, 2.24) is 9.80 Å². The Labute approximate surface area is 292 Å². The highest BCUT2D eigenvalue weighted by Gasteiger charge is 2.59. The molecule has 2 fully saturated rings. The van der Waals surface area contributed by atoms with Gasteiger partial charge in [-0.2, -0.15) is 0 Å². The van der Waals surface area contributed by atoms with Crippen LogP contribution in [0.2, 0.25) is 0 Å². The summed E-state index contributed by atoms with van der Waals surface area (Å²) in [6.45, 7) is 7.04. The molecule has 270 valence electrons. The zero-order valence-electron chi connectivity index (χ0n) is 29.2. The number of nitrogens with zero attached hydrogens (tertiary/aromatic N) is 3. The Kier molecular flexibility index (Phi) is 9.23. The van der Waals surface area contributed by atoms with Gasteiger partial charge in [0, 0.05) is 38.4 Å². The number of amides is 1. The summed E-state index contributed by atoms with van der Waals surface area (Å²) in [6.07, 6.45) is 3.98. The maximum Gasteiger partial charge on any atom is 0.339 e. The third kappa shape index (κ3) is 6.53. The summed E-state index contributed by atoms with van der Waals surface area (Å²) >= 11 is 0. The van der Waals surface area contributed by atoms with Crippen molar-refractivity contribution in [3.05, 3.63) is 65.2 Å². The quantitative estimate of drug-likeness (QED) is 0.355. The molecular formula is C38H48FN3O8. The standard InChI is InChI=1S/C38H48FN3O8/c1-36(2,45)11-4-13-38(46,23-32(43)41-18-16-40(17-19-41)27-8-6-26(39)7-9-27)35(44)50-34-31(47-3)22-37-12-5-14-42(37)15-10-25-20-29-30(49-24-48-29)21-28(25)33(34)37/h6-9,20-22,33-34,45-46H,4-5,10-19,23-24H2,1-3H3/t33-,34-,37?,38-/m1/s1. The van der Waals surface area contributed by atoms with Crippen LogP contribution in [-0.2, 0) is 25.5 Å². The molecule has 1 unspecified atom stereocenters. The Balaban J connectivity index is 1.14. The highest BCUT2D eigenvalue weighted by atomic mass is 19.1. The summed E-state index contributed by atoms with van der Waals surface area (Å²) in [5, 5.41) is 22.6. The van der Waals surface area contributed by atoms with E-state index in [1.165, 1.54) is 12.1 Å². The minimum atomic E-state index is -2.14. The highest BCUT2D eigenvalue weighted by molar-refractivity contribution is 5.88. The van der Waals surface area contributed by atoms with E-state index in [1.807, 2.05) is 12.1 Å². The third-order valence-electron chi connectivity index (χ3n) is 11.2. The van der Waals surface area contributed by atoms with Crippen LogP contribution in [0.1, 0.15) is 69.4 Å². The molecule has 1 spiro atoms. The van der Waals surface area contributed by atoms with E-state index in [2.05, 4.69) is 15.9 Å². The lowest BCUT2D eigenvalue weighted by molar-refractivity contribution is -0.177. The average Bonchev–Trinajstić information content (AvgIpc) is 3.78. The largest absolute Gasteiger partial charge is 0.497 e. The van der Waals surface area contributed by atoms with Crippen LogP contribution in [-0.4, -0.2) is 108 Å². The molecule has 5 aliphatic rings. The van der Waals surface area contributed by atoms with Crippen LogP contribution in [0.25, 0.3) is 0 Å². The van der Waals surface area contributed by atoms with Crippen molar-refractivity contribution in [3.63, 3.8) is 0 Å². The van der Waals surface area contributed by atoms with Crippen LogP contribution in [0.3, 0.4) is 0 Å². The fourth-order valence-corrected chi connectivity index (χ4v) is 8.62. The molecular weight excluding hydrogens is 645 g/mol. The van der Waals surface area contributed by atoms with Gasteiger partial charge in [0.15, 0.2) is 23.2 Å². The van der Waals surface area contributed by atoms with Gasteiger partial charge in [0.2, 0.25) is 12.7 Å². The van der Waals surface area contributed by atoms with E-state index in [0.29, 0.717) is 56.3 Å². The normalized spacial score (nSPS) is 25.6. The molecule has 1 aliphatic carbocycles. The molecule has 50 heavy (non-hydrogen) atoms. The third-order valence-corrected chi connectivity index (χ3v) is 11.2. The first-order valence-corrected chi connectivity index (χ1v) is 17.8. The summed E-state index contributed by atoms with van der Waals surface area (Å²) in [4.78, 5) is 34.3. The number of ether oxygens (including phenoxy) is 4. The minimum absolute atomic E-state index is 0.0624. The Morgan fingerprint density at radius 3 is 2.42 bits per heavy atom. The molecule has 7 rings (SSSR count). The number of fused-ring (bicyclic) bond motifs is 3. The lowest BCUT2D eigenvalue weighted by Gasteiger charge is -2.40. The summed E-state index contributed by atoms with van der Waals surface area (Å²) in [6, 6.07) is 10.3. The topological polar surface area (TPSA) is 121 Å². The Morgan fingerprint density at radius 1 is 1.00 bits per heavy atom. The number of hydrogen-bond acceptors (Lipinski definition) is 10. The van der Waals surface area contributed by atoms with E-state index in [-0.39, 0.29) is 30.9 Å². The molecule has 4 aliphatic heterocycles. The molecule has 1 amide bonds. The molecule has 2 N–H and O–H groups in total. The van der Waals surface area contributed by atoms with Gasteiger partial charge in [-0.15, -0.1) is 0 Å². The van der Waals surface area contributed by atoms with E-state index in [0.717, 1.165) is 49.2 Å². The molecule has 2 aromatic rings. The predicted octanol–water partition coefficient (Wildman–Crippen LogP) is 3.90. The summed E-state index contributed by atoms with van der Waals surface area (Å²) in [7, 11) is 1.57. The maximum absolute atomic E-state index is 14.4. The number of carbonyl (C=O) groups excluding carboxylic acids is 2. The molecule has 0 aromatic heterocycles. The van der Waals surface area contributed by atoms with Gasteiger partial charge in [-0.1, -0.05) is 0 Å². The van der Waals surface area contributed by atoms with Gasteiger partial charge in [0.05, 0.1) is 30.6 Å². The van der Waals surface area contributed by atoms with Crippen LogP contribution < -0.4 is 14.4 Å². The van der Waals surface area contributed by atoms with Crippen LogP contribution >= 0.6 is 0 Å².